The third kappa shape index (κ3) is 2.54. The number of hydrogen-bond donors (Lipinski definition) is 0. The van der Waals surface area contributed by atoms with Crippen molar-refractivity contribution in [3.05, 3.63) is 54.2 Å². The van der Waals surface area contributed by atoms with Crippen LogP contribution >= 0.6 is 0 Å². The zero-order valence-electron chi connectivity index (χ0n) is 13.2. The van der Waals surface area contributed by atoms with Gasteiger partial charge in [-0.25, -0.2) is 0 Å². The van der Waals surface area contributed by atoms with E-state index in [4.69, 9.17) is 9.31 Å². The van der Waals surface area contributed by atoms with E-state index in [0.717, 1.165) is 12.1 Å². The Balaban J connectivity index is 1.89. The minimum atomic E-state index is -0.391. The standard InChI is InChI=1S/C17H22BNO2/c1-16(2)17(3,4)21-18(20-16)19-13-9-8-12-15(19)14-10-6-5-7-11-14/h5-7,9-13H,8H2,1-4H3. The summed E-state index contributed by atoms with van der Waals surface area (Å²) < 4.78 is 12.3. The van der Waals surface area contributed by atoms with Crippen molar-refractivity contribution in [1.82, 2.24) is 4.81 Å². The fourth-order valence-electron chi connectivity index (χ4n) is 2.52. The third-order valence-electron chi connectivity index (χ3n) is 4.53. The van der Waals surface area contributed by atoms with Crippen molar-refractivity contribution >= 4 is 13.0 Å². The van der Waals surface area contributed by atoms with Crippen molar-refractivity contribution in [2.45, 2.75) is 45.3 Å². The second kappa shape index (κ2) is 5.04. The third-order valence-corrected chi connectivity index (χ3v) is 4.53. The predicted octanol–water partition coefficient (Wildman–Crippen LogP) is 3.84. The first-order chi connectivity index (χ1) is 9.91. The number of nitrogens with zero attached hydrogens (tertiary/aromatic N) is 1. The molecule has 110 valence electrons. The van der Waals surface area contributed by atoms with E-state index in [-0.39, 0.29) is 11.2 Å². The molecule has 1 aromatic carbocycles. The van der Waals surface area contributed by atoms with E-state index >= 15 is 0 Å². The van der Waals surface area contributed by atoms with Gasteiger partial charge in [-0.1, -0.05) is 42.5 Å². The SMILES string of the molecule is CC1(C)OB(N2C=CCC=C2c2ccccc2)OC1(C)C. The van der Waals surface area contributed by atoms with Gasteiger partial charge in [0.2, 0.25) is 0 Å². The van der Waals surface area contributed by atoms with Gasteiger partial charge in [0, 0.05) is 5.70 Å². The molecule has 1 aromatic rings. The zero-order valence-corrected chi connectivity index (χ0v) is 13.2. The maximum atomic E-state index is 6.17. The molecule has 0 aromatic heterocycles. The Kier molecular flexibility index (Phi) is 3.46. The van der Waals surface area contributed by atoms with Crippen LogP contribution in [0.5, 0.6) is 0 Å². The van der Waals surface area contributed by atoms with Crippen LogP contribution < -0.4 is 0 Å². The largest absolute Gasteiger partial charge is 0.598 e. The molecule has 0 spiro atoms. The Hall–Kier alpha value is -1.52. The van der Waals surface area contributed by atoms with E-state index in [1.807, 2.05) is 6.07 Å². The molecule has 2 heterocycles. The lowest BCUT2D eigenvalue weighted by Gasteiger charge is -2.32. The lowest BCUT2D eigenvalue weighted by molar-refractivity contribution is 0.00578. The topological polar surface area (TPSA) is 21.7 Å². The lowest BCUT2D eigenvalue weighted by Crippen LogP contribution is -2.41. The predicted molar refractivity (Wildman–Crippen MR) is 86.1 cm³/mol. The summed E-state index contributed by atoms with van der Waals surface area (Å²) in [6, 6.07) is 10.4. The van der Waals surface area contributed by atoms with Crippen molar-refractivity contribution in [3.8, 4) is 0 Å². The van der Waals surface area contributed by atoms with Crippen LogP contribution in [-0.2, 0) is 9.31 Å². The molecule has 0 radical (unpaired) electrons. The van der Waals surface area contributed by atoms with Crippen molar-refractivity contribution in [1.29, 1.82) is 0 Å². The highest BCUT2D eigenvalue weighted by Gasteiger charge is 2.54. The average molecular weight is 283 g/mol. The minimum Gasteiger partial charge on any atom is -0.384 e. The second-order valence-corrected chi connectivity index (χ2v) is 6.55. The van der Waals surface area contributed by atoms with Crippen molar-refractivity contribution in [2.24, 2.45) is 0 Å². The molecular weight excluding hydrogens is 261 g/mol. The molecule has 0 amide bonds. The highest BCUT2D eigenvalue weighted by Crippen LogP contribution is 2.40. The molecule has 2 aliphatic heterocycles. The lowest BCUT2D eigenvalue weighted by atomic mass is 9.90. The molecule has 1 fully saturated rings. The van der Waals surface area contributed by atoms with Gasteiger partial charge >= 0.3 is 7.25 Å². The first-order valence-corrected chi connectivity index (χ1v) is 7.47. The Bertz CT molecular complexity index is 562. The molecule has 0 unspecified atom stereocenters. The van der Waals surface area contributed by atoms with Crippen molar-refractivity contribution in [3.63, 3.8) is 0 Å². The van der Waals surface area contributed by atoms with E-state index in [9.17, 15) is 0 Å². The maximum absolute atomic E-state index is 6.17. The van der Waals surface area contributed by atoms with Crippen molar-refractivity contribution < 1.29 is 9.31 Å². The van der Waals surface area contributed by atoms with E-state index in [2.05, 4.69) is 75.1 Å². The Morgan fingerprint density at radius 1 is 1.00 bits per heavy atom. The first kappa shape index (κ1) is 14.4. The number of rotatable bonds is 2. The number of hydrogen-bond acceptors (Lipinski definition) is 3. The summed E-state index contributed by atoms with van der Waals surface area (Å²) in [4.78, 5) is 2.08. The number of allylic oxidation sites excluding steroid dienone is 2. The summed E-state index contributed by atoms with van der Waals surface area (Å²) in [5.74, 6) is 0. The van der Waals surface area contributed by atoms with Gasteiger partial charge in [0.1, 0.15) is 0 Å². The van der Waals surface area contributed by atoms with E-state index in [1.54, 1.807) is 0 Å². The molecule has 1 saturated heterocycles. The van der Waals surface area contributed by atoms with Crippen LogP contribution in [0.2, 0.25) is 0 Å². The van der Waals surface area contributed by atoms with Crippen LogP contribution in [0.4, 0.5) is 0 Å². The van der Waals surface area contributed by atoms with Crippen LogP contribution in [0, 0.1) is 0 Å². The summed E-state index contributed by atoms with van der Waals surface area (Å²) >= 11 is 0. The van der Waals surface area contributed by atoms with Crippen LogP contribution in [0.15, 0.2) is 48.7 Å². The van der Waals surface area contributed by atoms with Crippen LogP contribution in [0.1, 0.15) is 39.7 Å². The maximum Gasteiger partial charge on any atom is 0.598 e. The molecule has 0 N–H and O–H groups in total. The minimum absolute atomic E-state index is 0.329. The quantitative estimate of drug-likeness (QED) is 0.770. The highest BCUT2D eigenvalue weighted by molar-refractivity contribution is 6.44. The molecule has 2 aliphatic rings. The first-order valence-electron chi connectivity index (χ1n) is 7.47. The fourth-order valence-corrected chi connectivity index (χ4v) is 2.52. The summed E-state index contributed by atoms with van der Waals surface area (Å²) in [6.07, 6.45) is 7.32. The monoisotopic (exact) mass is 283 g/mol. The van der Waals surface area contributed by atoms with Crippen LogP contribution in [0.3, 0.4) is 0 Å². The van der Waals surface area contributed by atoms with Gasteiger partial charge in [-0.3, -0.25) is 0 Å². The summed E-state index contributed by atoms with van der Waals surface area (Å²) in [6.45, 7) is 8.30. The van der Waals surface area contributed by atoms with E-state index in [0.29, 0.717) is 0 Å². The second-order valence-electron chi connectivity index (χ2n) is 6.55. The van der Waals surface area contributed by atoms with Gasteiger partial charge in [-0.15, -0.1) is 0 Å². The smallest absolute Gasteiger partial charge is 0.384 e. The van der Waals surface area contributed by atoms with Gasteiger partial charge in [0.05, 0.1) is 11.2 Å². The van der Waals surface area contributed by atoms with E-state index in [1.165, 1.54) is 5.56 Å². The fraction of sp³-hybridized carbons (Fsp3) is 0.412. The van der Waals surface area contributed by atoms with Crippen molar-refractivity contribution in [2.75, 3.05) is 0 Å². The molecule has 0 saturated carbocycles. The Morgan fingerprint density at radius 2 is 1.62 bits per heavy atom. The summed E-state index contributed by atoms with van der Waals surface area (Å²) in [5, 5.41) is 0. The Labute approximate surface area is 127 Å². The summed E-state index contributed by atoms with van der Waals surface area (Å²) in [5.41, 5.74) is 1.66. The average Bonchev–Trinajstić information content (AvgIpc) is 2.68. The van der Waals surface area contributed by atoms with Gasteiger partial charge in [-0.2, -0.15) is 0 Å². The van der Waals surface area contributed by atoms with Crippen LogP contribution in [0.25, 0.3) is 5.70 Å². The van der Waals surface area contributed by atoms with Gasteiger partial charge in [0.25, 0.3) is 0 Å². The van der Waals surface area contributed by atoms with E-state index < -0.39 is 7.25 Å². The molecule has 0 atom stereocenters. The van der Waals surface area contributed by atoms with Gasteiger partial charge < -0.3 is 14.1 Å². The molecule has 3 nitrogen and oxygen atoms in total. The highest BCUT2D eigenvalue weighted by atomic mass is 16.7. The molecule has 4 heteroatoms. The normalized spacial score (nSPS) is 23.3. The van der Waals surface area contributed by atoms with Gasteiger partial charge in [-0.05, 0) is 45.9 Å². The Morgan fingerprint density at radius 3 is 2.24 bits per heavy atom. The zero-order chi connectivity index (χ0) is 15.1. The number of benzene rings is 1. The molecular formula is C17H22BNO2. The molecule has 3 rings (SSSR count). The molecule has 21 heavy (non-hydrogen) atoms. The summed E-state index contributed by atoms with van der Waals surface area (Å²) in [7, 11) is -0.391. The van der Waals surface area contributed by atoms with Gasteiger partial charge in [0.15, 0.2) is 0 Å². The molecule has 0 aliphatic carbocycles. The van der Waals surface area contributed by atoms with Crippen LogP contribution in [-0.4, -0.2) is 23.3 Å². The molecule has 0 bridgehead atoms.